The second-order valence-corrected chi connectivity index (χ2v) is 14.4. The molecule has 5 aromatic rings. The van der Waals surface area contributed by atoms with Crippen molar-refractivity contribution in [2.24, 2.45) is 0 Å². The molecule has 5 aromatic carbocycles. The van der Waals surface area contributed by atoms with Crippen molar-refractivity contribution < 1.29 is 3.74 Å². The van der Waals surface area contributed by atoms with Gasteiger partial charge in [-0.2, -0.15) is 0 Å². The fraction of sp³-hybridized carbons (Fsp3) is 0. The van der Waals surface area contributed by atoms with E-state index in [9.17, 15) is 0 Å². The van der Waals surface area contributed by atoms with Crippen LogP contribution in [0.15, 0.2) is 152 Å². The van der Waals surface area contributed by atoms with Gasteiger partial charge in [0, 0.05) is 0 Å². The summed E-state index contributed by atoms with van der Waals surface area (Å²) in [4.78, 5) is 0. The van der Waals surface area contributed by atoms with Gasteiger partial charge >= 0.3 is 215 Å². The molecule has 36 heavy (non-hydrogen) atoms. The van der Waals surface area contributed by atoms with Gasteiger partial charge in [-0.3, -0.25) is 0 Å². The van der Waals surface area contributed by atoms with Crippen LogP contribution < -0.4 is 4.35 Å². The molecule has 0 saturated carbocycles. The average molecular weight is 524 g/mol. The Kier molecular flexibility index (Phi) is 5.93. The van der Waals surface area contributed by atoms with Gasteiger partial charge < -0.3 is 0 Å². The number of hydrogen-bond acceptors (Lipinski definition) is 1. The first-order chi connectivity index (χ1) is 17.8. The van der Waals surface area contributed by atoms with Crippen LogP contribution in [0.2, 0.25) is 0 Å². The van der Waals surface area contributed by atoms with Gasteiger partial charge in [0.1, 0.15) is 0 Å². The van der Waals surface area contributed by atoms with Crippen LogP contribution in [0.25, 0.3) is 19.9 Å². The van der Waals surface area contributed by atoms with E-state index in [0.29, 0.717) is 0 Å². The molecule has 2 heteroatoms. The van der Waals surface area contributed by atoms with Crippen LogP contribution in [0.3, 0.4) is 0 Å². The summed E-state index contributed by atoms with van der Waals surface area (Å²) in [5, 5.41) is 0. The van der Waals surface area contributed by atoms with Crippen LogP contribution in [0.1, 0.15) is 22.3 Å². The number of benzene rings is 5. The predicted octanol–water partition coefficient (Wildman–Crippen LogP) is 7.58. The molecule has 0 spiro atoms. The van der Waals surface area contributed by atoms with Gasteiger partial charge in [-0.15, -0.1) is 0 Å². The normalized spacial score (nSPS) is 14.8. The van der Waals surface area contributed by atoms with Gasteiger partial charge in [0.15, 0.2) is 0 Å². The average Bonchev–Trinajstić information content (AvgIpc) is 3.25. The summed E-state index contributed by atoms with van der Waals surface area (Å²) in [6.07, 6.45) is 0. The Balaban J connectivity index is 1.84. The SMILES string of the molecule is O=[As]1(c2ccccc2)C(c2ccccc2)=C(c2ccccc2)C(c2ccccc2)=C1c1ccccc1. The molecule has 0 aliphatic carbocycles. The summed E-state index contributed by atoms with van der Waals surface area (Å²) in [5.41, 5.74) is 6.33. The third-order valence-electron chi connectivity index (χ3n) is 6.69. The van der Waals surface area contributed by atoms with Crippen molar-refractivity contribution in [2.75, 3.05) is 0 Å². The fourth-order valence-corrected chi connectivity index (χ4v) is 12.5. The summed E-state index contributed by atoms with van der Waals surface area (Å²) >= 11 is -4.18. The van der Waals surface area contributed by atoms with Crippen molar-refractivity contribution in [3.8, 4) is 0 Å². The maximum atomic E-state index is 16.0. The minimum absolute atomic E-state index is 0.910. The van der Waals surface area contributed by atoms with Crippen molar-refractivity contribution in [2.45, 2.75) is 0 Å². The van der Waals surface area contributed by atoms with Crippen LogP contribution in [0.5, 0.6) is 0 Å². The van der Waals surface area contributed by atoms with Gasteiger partial charge in [-0.1, -0.05) is 0 Å². The number of allylic oxidation sites excluding steroid dienone is 2. The fourth-order valence-electron chi connectivity index (χ4n) is 5.18. The van der Waals surface area contributed by atoms with Crippen LogP contribution in [-0.2, 0) is 3.74 Å². The zero-order valence-electron chi connectivity index (χ0n) is 19.8. The molecule has 0 atom stereocenters. The van der Waals surface area contributed by atoms with Crippen LogP contribution in [0, 0.1) is 0 Å². The Hall–Kier alpha value is -4.06. The van der Waals surface area contributed by atoms with Crippen molar-refractivity contribution >= 4 is 37.7 Å². The van der Waals surface area contributed by atoms with E-state index in [1.807, 2.05) is 78.9 Å². The van der Waals surface area contributed by atoms with E-state index in [2.05, 4.69) is 72.8 Å². The number of rotatable bonds is 5. The second-order valence-electron chi connectivity index (χ2n) is 8.86. The summed E-state index contributed by atoms with van der Waals surface area (Å²) in [6, 6.07) is 51.6. The van der Waals surface area contributed by atoms with Crippen molar-refractivity contribution in [3.63, 3.8) is 0 Å². The third-order valence-corrected chi connectivity index (χ3v) is 13.5. The summed E-state index contributed by atoms with van der Waals surface area (Å²) in [7, 11) is 0. The van der Waals surface area contributed by atoms with Gasteiger partial charge in [-0.05, 0) is 0 Å². The quantitative estimate of drug-likeness (QED) is 0.217. The van der Waals surface area contributed by atoms with E-state index in [1.165, 1.54) is 0 Å². The van der Waals surface area contributed by atoms with Crippen molar-refractivity contribution in [1.82, 2.24) is 0 Å². The molecule has 0 aromatic heterocycles. The Morgan fingerprint density at radius 3 is 0.944 bits per heavy atom. The van der Waals surface area contributed by atoms with Crippen molar-refractivity contribution in [3.05, 3.63) is 174 Å². The van der Waals surface area contributed by atoms with E-state index >= 15 is 3.74 Å². The molecule has 1 aliphatic rings. The molecule has 1 heterocycles. The molecule has 0 fully saturated rings. The van der Waals surface area contributed by atoms with Gasteiger partial charge in [-0.25, -0.2) is 0 Å². The van der Waals surface area contributed by atoms with Crippen LogP contribution in [0.4, 0.5) is 0 Å². The Bertz CT molecular complexity index is 1500. The summed E-state index contributed by atoms with van der Waals surface area (Å²) in [5.74, 6) is 0. The van der Waals surface area contributed by atoms with Crippen LogP contribution >= 0.6 is 0 Å². The standard InChI is InChI=1S/C34H25AsO/c36-35(30-24-14-5-15-25-30)33(28-20-10-3-11-21-28)31(26-16-6-1-7-17-26)32(27-18-8-2-9-19-27)34(35)29-22-12-4-13-23-29/h1-25H. The first-order valence-corrected chi connectivity index (χ1v) is 15.7. The van der Waals surface area contributed by atoms with E-state index in [1.54, 1.807) is 0 Å². The minimum atomic E-state index is -4.18. The molecule has 0 radical (unpaired) electrons. The Morgan fingerprint density at radius 1 is 0.333 bits per heavy atom. The molecule has 0 N–H and O–H groups in total. The van der Waals surface area contributed by atoms with E-state index in [4.69, 9.17) is 0 Å². The van der Waals surface area contributed by atoms with Gasteiger partial charge in [0.05, 0.1) is 0 Å². The zero-order chi connectivity index (χ0) is 24.4. The number of hydrogen-bond donors (Lipinski definition) is 0. The molecule has 0 amide bonds. The molecule has 6 rings (SSSR count). The molecular formula is C34H25AsO. The first-order valence-electron chi connectivity index (χ1n) is 12.2. The second kappa shape index (κ2) is 9.53. The summed E-state index contributed by atoms with van der Waals surface area (Å²) < 4.78 is 18.8. The predicted molar refractivity (Wildman–Crippen MR) is 152 cm³/mol. The Morgan fingerprint density at radius 2 is 0.611 bits per heavy atom. The third kappa shape index (κ3) is 3.73. The van der Waals surface area contributed by atoms with Gasteiger partial charge in [0.25, 0.3) is 0 Å². The van der Waals surface area contributed by atoms with E-state index in [0.717, 1.165) is 46.5 Å². The molecular weight excluding hydrogens is 499 g/mol. The molecule has 0 unspecified atom stereocenters. The molecule has 0 saturated heterocycles. The monoisotopic (exact) mass is 524 g/mol. The summed E-state index contributed by atoms with van der Waals surface area (Å²) in [6.45, 7) is 0. The zero-order valence-corrected chi connectivity index (χ0v) is 21.7. The van der Waals surface area contributed by atoms with E-state index in [-0.39, 0.29) is 0 Å². The topological polar surface area (TPSA) is 17.1 Å². The van der Waals surface area contributed by atoms with E-state index < -0.39 is 13.5 Å². The molecule has 0 bridgehead atoms. The van der Waals surface area contributed by atoms with Gasteiger partial charge in [0.2, 0.25) is 0 Å². The first kappa shape index (κ1) is 22.4. The molecule has 1 aliphatic heterocycles. The van der Waals surface area contributed by atoms with Crippen molar-refractivity contribution in [1.29, 1.82) is 0 Å². The molecule has 172 valence electrons. The maximum absolute atomic E-state index is 16.0. The Labute approximate surface area is 214 Å². The molecule has 1 nitrogen and oxygen atoms in total. The van der Waals surface area contributed by atoms with Crippen LogP contribution in [-0.4, -0.2) is 13.5 Å².